The Hall–Kier alpha value is -1.39. The van der Waals surface area contributed by atoms with Crippen LogP contribution in [0, 0.1) is 0 Å². The topological polar surface area (TPSA) is 70.1 Å². The molecule has 0 saturated carbocycles. The van der Waals surface area contributed by atoms with Crippen LogP contribution < -0.4 is 0 Å². The number of rotatable bonds is 16. The Morgan fingerprint density at radius 1 is 1.08 bits per heavy atom. The quantitative estimate of drug-likeness (QED) is 0.225. The Morgan fingerprint density at radius 3 is 2.65 bits per heavy atom. The molecule has 0 amide bonds. The molecular weight excluding hydrogens is 328 g/mol. The van der Waals surface area contributed by atoms with E-state index in [1.54, 1.807) is 0 Å². The third-order valence-corrected chi connectivity index (χ3v) is 4.48. The Bertz CT molecular complexity index is 453. The van der Waals surface area contributed by atoms with Crippen LogP contribution in [0.1, 0.15) is 77.6 Å². The number of aliphatic carboxylic acids is 1. The lowest BCUT2D eigenvalue weighted by Gasteiger charge is -1.99. The van der Waals surface area contributed by atoms with Crippen molar-refractivity contribution in [1.29, 1.82) is 0 Å². The number of carboxylic acids is 1. The normalized spacial score (nSPS) is 21.2. The van der Waals surface area contributed by atoms with E-state index in [4.69, 9.17) is 9.84 Å². The Morgan fingerprint density at radius 2 is 1.88 bits per heavy atom. The number of ether oxygens (including phenoxy) is 1. The van der Waals surface area contributed by atoms with Gasteiger partial charge in [-0.2, -0.15) is 0 Å². The molecule has 1 fully saturated rings. The molecule has 0 aromatic heterocycles. The zero-order chi connectivity index (χ0) is 19.0. The van der Waals surface area contributed by atoms with E-state index in [0.717, 1.165) is 38.5 Å². The highest BCUT2D eigenvalue weighted by Gasteiger charge is 2.35. The van der Waals surface area contributed by atoms with Gasteiger partial charge < -0.3 is 14.9 Å². The molecule has 26 heavy (non-hydrogen) atoms. The standard InChI is InChI=1S/C22H36O4/c1-2-3-4-5-6-7-8-9-11-14-19(23)17-18-21-20(26-21)15-12-10-13-16-22(24)25/h6-7,9,11,17-21,23H,2-5,8,10,12-16H2,1H3,(H,24,25)/b7-6-,11-9-,18-17+. The number of carbonyl (C=O) groups is 1. The van der Waals surface area contributed by atoms with E-state index < -0.39 is 12.1 Å². The van der Waals surface area contributed by atoms with Gasteiger partial charge in [-0.1, -0.05) is 69.1 Å². The second-order valence-corrected chi connectivity index (χ2v) is 6.99. The summed E-state index contributed by atoms with van der Waals surface area (Å²) in [6.45, 7) is 2.22. The van der Waals surface area contributed by atoms with E-state index >= 15 is 0 Å². The van der Waals surface area contributed by atoms with E-state index in [9.17, 15) is 9.90 Å². The first-order chi connectivity index (χ1) is 12.6. The van der Waals surface area contributed by atoms with Crippen molar-refractivity contribution >= 4 is 5.97 Å². The molecule has 1 aliphatic heterocycles. The van der Waals surface area contributed by atoms with Gasteiger partial charge >= 0.3 is 5.97 Å². The van der Waals surface area contributed by atoms with Crippen molar-refractivity contribution in [3.8, 4) is 0 Å². The molecule has 0 spiro atoms. The van der Waals surface area contributed by atoms with Gasteiger partial charge in [0.05, 0.1) is 12.2 Å². The first kappa shape index (κ1) is 22.7. The monoisotopic (exact) mass is 364 g/mol. The van der Waals surface area contributed by atoms with Crippen LogP contribution in [0.5, 0.6) is 0 Å². The van der Waals surface area contributed by atoms with Crippen LogP contribution >= 0.6 is 0 Å². The van der Waals surface area contributed by atoms with E-state index in [2.05, 4.69) is 25.2 Å². The average Bonchev–Trinajstić information content (AvgIpc) is 3.36. The number of hydrogen-bond donors (Lipinski definition) is 2. The maximum atomic E-state index is 10.4. The number of epoxide rings is 1. The van der Waals surface area contributed by atoms with Crippen molar-refractivity contribution < 1.29 is 19.7 Å². The molecule has 1 heterocycles. The van der Waals surface area contributed by atoms with Crippen LogP contribution in [-0.2, 0) is 9.53 Å². The summed E-state index contributed by atoms with van der Waals surface area (Å²) in [5.41, 5.74) is 0. The van der Waals surface area contributed by atoms with E-state index in [-0.39, 0.29) is 18.6 Å². The fourth-order valence-corrected chi connectivity index (χ4v) is 2.81. The molecule has 0 aromatic carbocycles. The molecule has 148 valence electrons. The minimum absolute atomic E-state index is 0.124. The highest BCUT2D eigenvalue weighted by molar-refractivity contribution is 5.66. The van der Waals surface area contributed by atoms with E-state index in [0.29, 0.717) is 6.42 Å². The van der Waals surface area contributed by atoms with Crippen molar-refractivity contribution in [3.63, 3.8) is 0 Å². The van der Waals surface area contributed by atoms with Gasteiger partial charge in [-0.3, -0.25) is 4.79 Å². The summed E-state index contributed by atoms with van der Waals surface area (Å²) in [4.78, 5) is 10.4. The van der Waals surface area contributed by atoms with Gasteiger partial charge in [0, 0.05) is 6.42 Å². The Balaban J connectivity index is 1.99. The molecule has 3 unspecified atom stereocenters. The third-order valence-electron chi connectivity index (χ3n) is 4.48. The lowest BCUT2D eigenvalue weighted by molar-refractivity contribution is -0.137. The molecule has 1 saturated heterocycles. The van der Waals surface area contributed by atoms with Crippen LogP contribution in [0.2, 0.25) is 0 Å². The highest BCUT2D eigenvalue weighted by atomic mass is 16.6. The highest BCUT2D eigenvalue weighted by Crippen LogP contribution is 2.28. The van der Waals surface area contributed by atoms with Crippen molar-refractivity contribution in [3.05, 3.63) is 36.5 Å². The summed E-state index contributed by atoms with van der Waals surface area (Å²) >= 11 is 0. The average molecular weight is 365 g/mol. The van der Waals surface area contributed by atoms with E-state index in [1.165, 1.54) is 19.3 Å². The summed E-state index contributed by atoms with van der Waals surface area (Å²) in [6, 6.07) is 0. The lowest BCUT2D eigenvalue weighted by atomic mass is 10.1. The number of allylic oxidation sites excluding steroid dienone is 3. The van der Waals surface area contributed by atoms with Crippen LogP contribution in [0.25, 0.3) is 0 Å². The molecule has 0 radical (unpaired) electrons. The van der Waals surface area contributed by atoms with Crippen LogP contribution in [-0.4, -0.2) is 34.5 Å². The van der Waals surface area contributed by atoms with Gasteiger partial charge in [-0.15, -0.1) is 0 Å². The van der Waals surface area contributed by atoms with Crippen molar-refractivity contribution in [2.24, 2.45) is 0 Å². The zero-order valence-electron chi connectivity index (χ0n) is 16.2. The van der Waals surface area contributed by atoms with Gasteiger partial charge in [-0.25, -0.2) is 0 Å². The summed E-state index contributed by atoms with van der Waals surface area (Å²) < 4.78 is 5.55. The SMILES string of the molecule is CCCCC/C=C\C/C=C\CC(O)/C=C/C1OC1CCCCCC(=O)O. The Labute approximate surface area is 158 Å². The molecule has 1 aliphatic rings. The number of hydrogen-bond acceptors (Lipinski definition) is 3. The fourth-order valence-electron chi connectivity index (χ4n) is 2.81. The lowest BCUT2D eigenvalue weighted by Crippen LogP contribution is -2.01. The molecule has 0 aromatic rings. The van der Waals surface area contributed by atoms with Gasteiger partial charge in [0.15, 0.2) is 0 Å². The van der Waals surface area contributed by atoms with Gasteiger partial charge in [0.2, 0.25) is 0 Å². The smallest absolute Gasteiger partial charge is 0.303 e. The van der Waals surface area contributed by atoms with Crippen LogP contribution in [0.15, 0.2) is 36.5 Å². The third kappa shape index (κ3) is 12.9. The van der Waals surface area contributed by atoms with Crippen molar-refractivity contribution in [1.82, 2.24) is 0 Å². The zero-order valence-corrected chi connectivity index (χ0v) is 16.2. The second kappa shape index (κ2) is 14.7. The summed E-state index contributed by atoms with van der Waals surface area (Å²) in [6.07, 6.45) is 22.7. The van der Waals surface area contributed by atoms with Gasteiger partial charge in [0.1, 0.15) is 6.10 Å². The number of aliphatic hydroxyl groups is 1. The molecule has 2 N–H and O–H groups in total. The van der Waals surface area contributed by atoms with Gasteiger partial charge in [0.25, 0.3) is 0 Å². The predicted octanol–water partition coefficient (Wildman–Crippen LogP) is 5.18. The van der Waals surface area contributed by atoms with Crippen LogP contribution in [0.4, 0.5) is 0 Å². The van der Waals surface area contributed by atoms with Crippen LogP contribution in [0.3, 0.4) is 0 Å². The summed E-state index contributed by atoms with van der Waals surface area (Å²) in [7, 11) is 0. The van der Waals surface area contributed by atoms with Crippen molar-refractivity contribution in [2.45, 2.75) is 95.9 Å². The minimum Gasteiger partial charge on any atom is -0.481 e. The summed E-state index contributed by atoms with van der Waals surface area (Å²) in [5, 5.41) is 18.5. The Kier molecular flexibility index (Phi) is 12.8. The molecular formula is C22H36O4. The molecule has 4 nitrogen and oxygen atoms in total. The molecule has 0 aliphatic carbocycles. The predicted molar refractivity (Wildman–Crippen MR) is 106 cm³/mol. The summed E-state index contributed by atoms with van der Waals surface area (Å²) in [5.74, 6) is -0.723. The molecule has 1 rings (SSSR count). The van der Waals surface area contributed by atoms with Gasteiger partial charge in [-0.05, 0) is 38.5 Å². The van der Waals surface area contributed by atoms with Crippen molar-refractivity contribution in [2.75, 3.05) is 0 Å². The molecule has 3 atom stereocenters. The molecule has 4 heteroatoms. The maximum absolute atomic E-state index is 10.4. The maximum Gasteiger partial charge on any atom is 0.303 e. The second-order valence-electron chi connectivity index (χ2n) is 6.99. The van der Waals surface area contributed by atoms with E-state index in [1.807, 2.05) is 18.2 Å². The number of carboxylic acid groups (broad SMARTS) is 1. The first-order valence-corrected chi connectivity index (χ1v) is 10.2. The number of unbranched alkanes of at least 4 members (excludes halogenated alkanes) is 5. The minimum atomic E-state index is -0.723. The fraction of sp³-hybridized carbons (Fsp3) is 0.682. The number of aliphatic hydroxyl groups excluding tert-OH is 1. The molecule has 0 bridgehead atoms. The largest absolute Gasteiger partial charge is 0.481 e. The first-order valence-electron chi connectivity index (χ1n) is 10.2.